The van der Waals surface area contributed by atoms with E-state index in [0.717, 1.165) is 5.69 Å². The number of nitrogens with zero attached hydrogens (tertiary/aromatic N) is 7. The fraction of sp³-hybridized carbons (Fsp3) is 0.105. The van der Waals surface area contributed by atoms with E-state index < -0.39 is 0 Å². The van der Waals surface area contributed by atoms with Crippen molar-refractivity contribution in [1.29, 1.82) is 0 Å². The molecule has 0 aliphatic carbocycles. The molecule has 0 fully saturated rings. The van der Waals surface area contributed by atoms with Crippen LogP contribution in [-0.2, 0) is 0 Å². The van der Waals surface area contributed by atoms with Crippen molar-refractivity contribution in [2.45, 2.75) is 0 Å². The lowest BCUT2D eigenvalue weighted by Gasteiger charge is -2.09. The van der Waals surface area contributed by atoms with Crippen LogP contribution in [-0.4, -0.2) is 54.4 Å². The first-order chi connectivity index (χ1) is 14.8. The summed E-state index contributed by atoms with van der Waals surface area (Å²) in [5, 5.41) is 28.4. The third kappa shape index (κ3) is 4.90. The smallest absolute Gasteiger partial charge is 0.251 e. The normalized spacial score (nSPS) is 10.4. The summed E-state index contributed by atoms with van der Waals surface area (Å²) in [5.41, 5.74) is 2.11. The Morgan fingerprint density at radius 3 is 2.57 bits per heavy atom. The number of rotatable bonds is 8. The molecule has 1 aromatic carbocycles. The highest BCUT2D eigenvalue weighted by atomic mass is 16.1. The minimum Gasteiger partial charge on any atom is -0.367 e. The van der Waals surface area contributed by atoms with Crippen LogP contribution in [0.15, 0.2) is 67.3 Å². The van der Waals surface area contributed by atoms with Crippen molar-refractivity contribution >= 4 is 23.2 Å². The predicted octanol–water partition coefficient (Wildman–Crippen LogP) is 1.43. The Kier molecular flexibility index (Phi) is 5.80. The molecule has 4 aromatic rings. The molecule has 1 amide bonds. The Bertz CT molecular complexity index is 1080. The van der Waals surface area contributed by atoms with E-state index in [4.69, 9.17) is 0 Å². The lowest BCUT2D eigenvalue weighted by Crippen LogP contribution is -2.29. The summed E-state index contributed by atoms with van der Waals surface area (Å²) in [7, 11) is 0. The van der Waals surface area contributed by atoms with Gasteiger partial charge in [0.15, 0.2) is 5.82 Å². The van der Waals surface area contributed by atoms with Crippen molar-refractivity contribution in [1.82, 2.24) is 40.7 Å². The zero-order valence-electron chi connectivity index (χ0n) is 15.8. The second-order valence-corrected chi connectivity index (χ2v) is 6.15. The van der Waals surface area contributed by atoms with E-state index in [2.05, 4.69) is 46.7 Å². The molecular formula is C19H18N10O. The molecule has 0 saturated carbocycles. The van der Waals surface area contributed by atoms with Crippen LogP contribution in [0.2, 0.25) is 0 Å². The van der Waals surface area contributed by atoms with Gasteiger partial charge in [-0.15, -0.1) is 15.3 Å². The summed E-state index contributed by atoms with van der Waals surface area (Å²) in [6.45, 7) is 0.927. The third-order valence-electron chi connectivity index (χ3n) is 4.06. The third-order valence-corrected chi connectivity index (χ3v) is 4.06. The van der Waals surface area contributed by atoms with Crippen LogP contribution >= 0.6 is 0 Å². The second kappa shape index (κ2) is 9.19. The Hall–Kier alpha value is -4.41. The maximum Gasteiger partial charge on any atom is 0.251 e. The molecule has 11 nitrogen and oxygen atoms in total. The van der Waals surface area contributed by atoms with Crippen LogP contribution < -0.4 is 16.0 Å². The zero-order chi connectivity index (χ0) is 20.6. The molecule has 0 saturated heterocycles. The van der Waals surface area contributed by atoms with E-state index in [-0.39, 0.29) is 5.91 Å². The first-order valence-electron chi connectivity index (χ1n) is 9.14. The van der Waals surface area contributed by atoms with Crippen LogP contribution in [0.3, 0.4) is 0 Å². The SMILES string of the molecule is O=C(NCCNc1ccc(Nc2ccncc2)nn1)c1cccc(-n2cnnn2)c1. The standard InChI is InChI=1S/C19H18N10O/c30-19(14-2-1-3-16(12-14)29-13-23-27-28-29)22-11-10-21-17-4-5-18(26-25-17)24-15-6-8-20-9-7-15/h1-9,12-13H,10-11H2,(H,21,25)(H,22,30)(H,20,24,26). The van der Waals surface area contributed by atoms with Gasteiger partial charge in [0, 0.05) is 36.7 Å². The number of aromatic nitrogens is 7. The summed E-state index contributed by atoms with van der Waals surface area (Å²) in [5.74, 6) is 1.06. The molecule has 150 valence electrons. The van der Waals surface area contributed by atoms with Gasteiger partial charge in [-0.1, -0.05) is 6.07 Å². The van der Waals surface area contributed by atoms with Crippen molar-refractivity contribution < 1.29 is 4.79 Å². The number of tetrazole rings is 1. The van der Waals surface area contributed by atoms with Gasteiger partial charge in [-0.05, 0) is 52.9 Å². The van der Waals surface area contributed by atoms with Gasteiger partial charge in [0.2, 0.25) is 0 Å². The highest BCUT2D eigenvalue weighted by Gasteiger charge is 2.07. The fourth-order valence-electron chi connectivity index (χ4n) is 2.61. The number of benzene rings is 1. The van der Waals surface area contributed by atoms with Crippen molar-refractivity contribution in [3.63, 3.8) is 0 Å². The Balaban J connectivity index is 1.24. The van der Waals surface area contributed by atoms with Crippen molar-refractivity contribution in [2.24, 2.45) is 0 Å². The molecular weight excluding hydrogens is 384 g/mol. The summed E-state index contributed by atoms with van der Waals surface area (Å²) < 4.78 is 1.49. The highest BCUT2D eigenvalue weighted by molar-refractivity contribution is 5.94. The van der Waals surface area contributed by atoms with E-state index in [1.807, 2.05) is 30.3 Å². The molecule has 0 atom stereocenters. The van der Waals surface area contributed by atoms with Gasteiger partial charge in [0.25, 0.3) is 5.91 Å². The number of carbonyl (C=O) groups is 1. The predicted molar refractivity (Wildman–Crippen MR) is 110 cm³/mol. The average molecular weight is 402 g/mol. The summed E-state index contributed by atoms with van der Waals surface area (Å²) >= 11 is 0. The van der Waals surface area contributed by atoms with E-state index >= 15 is 0 Å². The number of nitrogens with one attached hydrogen (secondary N) is 3. The molecule has 3 heterocycles. The average Bonchev–Trinajstić information content (AvgIpc) is 3.34. The molecule has 4 rings (SSSR count). The highest BCUT2D eigenvalue weighted by Crippen LogP contribution is 2.13. The van der Waals surface area contributed by atoms with Gasteiger partial charge < -0.3 is 16.0 Å². The molecule has 0 bridgehead atoms. The van der Waals surface area contributed by atoms with Crippen molar-refractivity contribution in [3.8, 4) is 5.69 Å². The first kappa shape index (κ1) is 18.9. The monoisotopic (exact) mass is 402 g/mol. The van der Waals surface area contributed by atoms with Crippen molar-refractivity contribution in [2.75, 3.05) is 23.7 Å². The number of hydrogen-bond donors (Lipinski definition) is 3. The Morgan fingerprint density at radius 2 is 1.80 bits per heavy atom. The van der Waals surface area contributed by atoms with Gasteiger partial charge >= 0.3 is 0 Å². The molecule has 0 aliphatic rings. The fourth-order valence-corrected chi connectivity index (χ4v) is 2.61. The van der Waals surface area contributed by atoms with E-state index in [9.17, 15) is 4.79 Å². The number of hydrogen-bond acceptors (Lipinski definition) is 9. The lowest BCUT2D eigenvalue weighted by atomic mass is 10.2. The number of carbonyl (C=O) groups excluding carboxylic acids is 1. The van der Waals surface area contributed by atoms with Gasteiger partial charge in [-0.2, -0.15) is 0 Å². The van der Waals surface area contributed by atoms with Crippen LogP contribution in [0.5, 0.6) is 0 Å². The zero-order valence-corrected chi connectivity index (χ0v) is 15.8. The van der Waals surface area contributed by atoms with Crippen LogP contribution in [0.1, 0.15) is 10.4 Å². The van der Waals surface area contributed by atoms with E-state index in [1.165, 1.54) is 11.0 Å². The maximum absolute atomic E-state index is 12.4. The van der Waals surface area contributed by atoms with Gasteiger partial charge in [-0.3, -0.25) is 9.78 Å². The van der Waals surface area contributed by atoms with Crippen LogP contribution in [0, 0.1) is 0 Å². The quantitative estimate of drug-likeness (QED) is 0.374. The van der Waals surface area contributed by atoms with Gasteiger partial charge in [0.1, 0.15) is 12.1 Å². The molecule has 0 aliphatic heterocycles. The molecule has 3 N–H and O–H groups in total. The molecule has 11 heteroatoms. The van der Waals surface area contributed by atoms with E-state index in [1.54, 1.807) is 30.6 Å². The molecule has 3 aromatic heterocycles. The van der Waals surface area contributed by atoms with Crippen molar-refractivity contribution in [3.05, 3.63) is 72.8 Å². The Morgan fingerprint density at radius 1 is 0.967 bits per heavy atom. The minimum absolute atomic E-state index is 0.185. The second-order valence-electron chi connectivity index (χ2n) is 6.15. The Labute approximate surface area is 171 Å². The maximum atomic E-state index is 12.4. The van der Waals surface area contributed by atoms with Crippen LogP contribution in [0.25, 0.3) is 5.69 Å². The lowest BCUT2D eigenvalue weighted by molar-refractivity contribution is 0.0955. The molecule has 30 heavy (non-hydrogen) atoms. The van der Waals surface area contributed by atoms with Crippen LogP contribution in [0.4, 0.5) is 17.3 Å². The number of amides is 1. The number of anilines is 3. The minimum atomic E-state index is -0.185. The topological polar surface area (TPSA) is 135 Å². The summed E-state index contributed by atoms with van der Waals surface area (Å²) in [6.07, 6.45) is 4.86. The molecule has 0 unspecified atom stereocenters. The van der Waals surface area contributed by atoms with E-state index in [0.29, 0.717) is 36.0 Å². The summed E-state index contributed by atoms with van der Waals surface area (Å²) in [6, 6.07) is 14.4. The molecule has 0 spiro atoms. The first-order valence-corrected chi connectivity index (χ1v) is 9.14. The number of pyridine rings is 1. The van der Waals surface area contributed by atoms with Gasteiger partial charge in [0.05, 0.1) is 5.69 Å². The van der Waals surface area contributed by atoms with Gasteiger partial charge in [-0.25, -0.2) is 4.68 Å². The molecule has 0 radical (unpaired) electrons. The largest absolute Gasteiger partial charge is 0.367 e. The summed E-state index contributed by atoms with van der Waals surface area (Å²) in [4.78, 5) is 16.3.